The van der Waals surface area contributed by atoms with E-state index in [4.69, 9.17) is 4.74 Å². The molecule has 0 radical (unpaired) electrons. The topological polar surface area (TPSA) is 58.6 Å². The summed E-state index contributed by atoms with van der Waals surface area (Å²) in [5.41, 5.74) is 3.39. The standard InChI is InChI=1S/C25H38N2O3S/c1-3-21(14-20-8-5-4-6-9-20)23-15-24(23)26-22-16-25(17-22)18-27(19-25)10-7-12-31(28,29)13-11-30-2/h4-6,8-9,14,22-24,26H,3,7,10-13,15-19H2,1-2H3/b21-14+/t23-,24+/m1/s1. The summed E-state index contributed by atoms with van der Waals surface area (Å²) >= 11 is 0. The maximum absolute atomic E-state index is 11.9. The molecule has 0 aromatic heterocycles. The Morgan fingerprint density at radius 2 is 1.97 bits per heavy atom. The Kier molecular flexibility index (Phi) is 7.21. The molecule has 1 spiro atoms. The van der Waals surface area contributed by atoms with Crippen LogP contribution in [0.1, 0.15) is 44.6 Å². The highest BCUT2D eigenvalue weighted by atomic mass is 32.2. The lowest BCUT2D eigenvalue weighted by Crippen LogP contribution is -2.66. The maximum Gasteiger partial charge on any atom is 0.152 e. The lowest BCUT2D eigenvalue weighted by atomic mass is 9.60. The first-order valence-electron chi connectivity index (χ1n) is 11.9. The largest absolute Gasteiger partial charge is 0.384 e. The summed E-state index contributed by atoms with van der Waals surface area (Å²) in [5, 5.41) is 3.91. The van der Waals surface area contributed by atoms with Crippen LogP contribution in [-0.4, -0.2) is 70.3 Å². The number of hydrogen-bond acceptors (Lipinski definition) is 5. The van der Waals surface area contributed by atoms with Crippen molar-refractivity contribution >= 4 is 15.9 Å². The molecule has 31 heavy (non-hydrogen) atoms. The van der Waals surface area contributed by atoms with Gasteiger partial charge in [0.05, 0.1) is 18.1 Å². The smallest absolute Gasteiger partial charge is 0.152 e. The van der Waals surface area contributed by atoms with E-state index in [1.807, 2.05) is 0 Å². The van der Waals surface area contributed by atoms with Gasteiger partial charge in [-0.15, -0.1) is 0 Å². The van der Waals surface area contributed by atoms with Gasteiger partial charge in [-0.1, -0.05) is 48.9 Å². The Morgan fingerprint density at radius 3 is 2.65 bits per heavy atom. The van der Waals surface area contributed by atoms with Crippen LogP contribution in [0.25, 0.3) is 6.08 Å². The van der Waals surface area contributed by atoms with Crippen molar-refractivity contribution in [1.82, 2.24) is 10.2 Å². The van der Waals surface area contributed by atoms with Crippen LogP contribution in [0.2, 0.25) is 0 Å². The minimum Gasteiger partial charge on any atom is -0.384 e. The first-order valence-corrected chi connectivity index (χ1v) is 13.7. The molecule has 0 amide bonds. The lowest BCUT2D eigenvalue weighted by Gasteiger charge is -2.59. The number of benzene rings is 1. The van der Waals surface area contributed by atoms with Gasteiger partial charge in [-0.25, -0.2) is 8.42 Å². The second-order valence-electron chi connectivity index (χ2n) is 9.91. The van der Waals surface area contributed by atoms with Gasteiger partial charge in [-0.2, -0.15) is 0 Å². The SMILES string of the molecule is CC/C(=C\c1ccccc1)[C@H]1C[C@@H]1NC1CC2(C1)CN(CCCS(=O)(=O)CCOC)C2. The number of methoxy groups -OCH3 is 1. The van der Waals surface area contributed by atoms with Crippen LogP contribution in [0.15, 0.2) is 35.9 Å². The first kappa shape index (κ1) is 23.0. The number of nitrogens with zero attached hydrogens (tertiary/aromatic N) is 1. The highest BCUT2D eigenvalue weighted by molar-refractivity contribution is 7.91. The zero-order valence-corrected chi connectivity index (χ0v) is 19.9. The second-order valence-corrected chi connectivity index (χ2v) is 12.2. The van der Waals surface area contributed by atoms with E-state index in [9.17, 15) is 8.42 Å². The highest BCUT2D eigenvalue weighted by Gasteiger charge is 2.53. The van der Waals surface area contributed by atoms with Gasteiger partial charge in [0.1, 0.15) is 0 Å². The van der Waals surface area contributed by atoms with Gasteiger partial charge in [-0.3, -0.25) is 0 Å². The van der Waals surface area contributed by atoms with Crippen molar-refractivity contribution in [1.29, 1.82) is 0 Å². The quantitative estimate of drug-likeness (QED) is 0.533. The van der Waals surface area contributed by atoms with E-state index in [0.29, 0.717) is 30.0 Å². The number of ether oxygens (including phenoxy) is 1. The van der Waals surface area contributed by atoms with E-state index in [-0.39, 0.29) is 11.5 Å². The molecule has 1 heterocycles. The fourth-order valence-corrected chi connectivity index (χ4v) is 6.76. The average molecular weight is 447 g/mol. The van der Waals surface area contributed by atoms with E-state index in [0.717, 1.165) is 32.5 Å². The van der Waals surface area contributed by atoms with E-state index < -0.39 is 9.84 Å². The zero-order valence-electron chi connectivity index (χ0n) is 19.1. The van der Waals surface area contributed by atoms with Gasteiger partial charge < -0.3 is 15.0 Å². The van der Waals surface area contributed by atoms with Crippen LogP contribution in [0.3, 0.4) is 0 Å². The summed E-state index contributed by atoms with van der Waals surface area (Å²) in [6.07, 6.45) is 8.09. The lowest BCUT2D eigenvalue weighted by molar-refractivity contribution is -0.0785. The van der Waals surface area contributed by atoms with Crippen molar-refractivity contribution in [2.24, 2.45) is 11.3 Å². The van der Waals surface area contributed by atoms with Crippen molar-refractivity contribution in [3.8, 4) is 0 Å². The number of nitrogens with one attached hydrogen (secondary N) is 1. The van der Waals surface area contributed by atoms with Crippen molar-refractivity contribution in [2.75, 3.05) is 44.9 Å². The van der Waals surface area contributed by atoms with Gasteiger partial charge in [0.2, 0.25) is 0 Å². The molecule has 1 N–H and O–H groups in total. The first-order chi connectivity index (χ1) is 14.9. The van der Waals surface area contributed by atoms with Gasteiger partial charge in [-0.05, 0) is 55.5 Å². The zero-order chi connectivity index (χ0) is 21.9. The molecule has 1 aliphatic heterocycles. The molecule has 4 rings (SSSR count). The van der Waals surface area contributed by atoms with E-state index in [1.54, 1.807) is 12.7 Å². The third-order valence-electron chi connectivity index (χ3n) is 7.28. The summed E-state index contributed by atoms with van der Waals surface area (Å²) in [4.78, 5) is 2.43. The molecule has 2 atom stereocenters. The number of sulfone groups is 1. The van der Waals surface area contributed by atoms with Crippen LogP contribution in [0.4, 0.5) is 0 Å². The number of likely N-dealkylation sites (tertiary alicyclic amines) is 1. The normalized spacial score (nSPS) is 25.9. The molecule has 3 fully saturated rings. The van der Waals surface area contributed by atoms with Crippen LogP contribution in [0.5, 0.6) is 0 Å². The third-order valence-corrected chi connectivity index (χ3v) is 8.98. The Balaban J connectivity index is 1.12. The van der Waals surface area contributed by atoms with Gasteiger partial charge in [0.15, 0.2) is 9.84 Å². The van der Waals surface area contributed by atoms with Crippen molar-refractivity contribution < 1.29 is 13.2 Å². The average Bonchev–Trinajstić information content (AvgIpc) is 3.46. The Labute approximate surface area is 188 Å². The molecule has 6 heteroatoms. The fourth-order valence-electron chi connectivity index (χ4n) is 5.57. The number of rotatable bonds is 12. The van der Waals surface area contributed by atoms with E-state index in [2.05, 4.69) is 53.5 Å². The molecule has 3 aliphatic rings. The van der Waals surface area contributed by atoms with E-state index >= 15 is 0 Å². The molecule has 2 aliphatic carbocycles. The minimum atomic E-state index is -2.96. The predicted molar refractivity (Wildman–Crippen MR) is 127 cm³/mol. The van der Waals surface area contributed by atoms with Crippen LogP contribution < -0.4 is 5.32 Å². The summed E-state index contributed by atoms with van der Waals surface area (Å²) in [5.74, 6) is 1.13. The molecule has 1 aromatic carbocycles. The molecule has 5 nitrogen and oxygen atoms in total. The van der Waals surface area contributed by atoms with Gasteiger partial charge in [0, 0.05) is 32.3 Å². The molecule has 0 bridgehead atoms. The van der Waals surface area contributed by atoms with Crippen LogP contribution >= 0.6 is 0 Å². The maximum atomic E-state index is 11.9. The monoisotopic (exact) mass is 446 g/mol. The third kappa shape index (κ3) is 5.98. The van der Waals surface area contributed by atoms with Crippen molar-refractivity contribution in [3.63, 3.8) is 0 Å². The summed E-state index contributed by atoms with van der Waals surface area (Å²) in [6, 6.07) is 12.0. The van der Waals surface area contributed by atoms with Crippen molar-refractivity contribution in [3.05, 3.63) is 41.5 Å². The Morgan fingerprint density at radius 1 is 1.23 bits per heavy atom. The fraction of sp³-hybridized carbons (Fsp3) is 0.680. The Bertz CT molecular complexity index is 854. The molecule has 172 valence electrons. The molecule has 1 saturated heterocycles. The van der Waals surface area contributed by atoms with Gasteiger partial charge >= 0.3 is 0 Å². The summed E-state index contributed by atoms with van der Waals surface area (Å²) in [7, 11) is -1.42. The predicted octanol–water partition coefficient (Wildman–Crippen LogP) is 3.37. The van der Waals surface area contributed by atoms with Crippen LogP contribution in [0, 0.1) is 11.3 Å². The van der Waals surface area contributed by atoms with Crippen LogP contribution in [-0.2, 0) is 14.6 Å². The second kappa shape index (κ2) is 9.74. The summed E-state index contributed by atoms with van der Waals surface area (Å²) in [6.45, 7) is 5.76. The number of hydrogen-bond donors (Lipinski definition) is 1. The van der Waals surface area contributed by atoms with Gasteiger partial charge in [0.25, 0.3) is 0 Å². The Hall–Kier alpha value is -1.21. The molecule has 0 unspecified atom stereocenters. The van der Waals surface area contributed by atoms with E-state index in [1.165, 1.54) is 24.8 Å². The summed E-state index contributed by atoms with van der Waals surface area (Å²) < 4.78 is 28.7. The molecule has 2 saturated carbocycles. The molecule has 1 aromatic rings. The minimum absolute atomic E-state index is 0.142. The highest BCUT2D eigenvalue weighted by Crippen LogP contribution is 2.50. The molecular weight excluding hydrogens is 408 g/mol. The molecular formula is C25H38N2O3S. The van der Waals surface area contributed by atoms with Crippen molar-refractivity contribution in [2.45, 2.75) is 51.1 Å².